The Morgan fingerprint density at radius 1 is 1.00 bits per heavy atom. The SMILES string of the molecule is CC1C=CC(C(C)C)(C(C)(C)C)O1.CCCC1(C(C)(C)C)CCC(C)O1. The van der Waals surface area contributed by atoms with Crippen LogP contribution < -0.4 is 0 Å². The second-order valence-corrected chi connectivity index (χ2v) is 10.8. The standard InChI is InChI=1S/C12H22O.C12H24O/c1-9(2)12(11(4,5)6)8-7-10(3)13-12;1-6-8-12(11(3,4)5)9-7-10(2)13-12/h7-10H,1-6H3;10H,6-9H2,1-5H3. The van der Waals surface area contributed by atoms with Crippen molar-refractivity contribution in [3.8, 4) is 0 Å². The first kappa shape index (κ1) is 23.7. The van der Waals surface area contributed by atoms with Crippen molar-refractivity contribution in [3.05, 3.63) is 12.2 Å². The van der Waals surface area contributed by atoms with Gasteiger partial charge in [0.05, 0.1) is 23.4 Å². The highest BCUT2D eigenvalue weighted by atomic mass is 16.5. The first-order valence-corrected chi connectivity index (χ1v) is 10.8. The molecule has 2 heterocycles. The molecule has 0 bridgehead atoms. The highest BCUT2D eigenvalue weighted by Gasteiger charge is 2.47. The highest BCUT2D eigenvalue weighted by Crippen LogP contribution is 2.47. The summed E-state index contributed by atoms with van der Waals surface area (Å²) in [6, 6.07) is 0. The Labute approximate surface area is 164 Å². The molecule has 2 heteroatoms. The molecule has 0 N–H and O–H groups in total. The Morgan fingerprint density at radius 2 is 1.58 bits per heavy atom. The summed E-state index contributed by atoms with van der Waals surface area (Å²) in [6.45, 7) is 24.7. The van der Waals surface area contributed by atoms with Crippen LogP contribution in [-0.4, -0.2) is 23.4 Å². The molecule has 4 atom stereocenters. The molecular formula is C24H46O2. The van der Waals surface area contributed by atoms with Crippen LogP contribution in [0.25, 0.3) is 0 Å². The van der Waals surface area contributed by atoms with Crippen molar-refractivity contribution in [2.75, 3.05) is 0 Å². The minimum Gasteiger partial charge on any atom is -0.372 e. The van der Waals surface area contributed by atoms with Gasteiger partial charge in [-0.15, -0.1) is 0 Å². The zero-order valence-corrected chi connectivity index (χ0v) is 19.5. The molecule has 0 saturated carbocycles. The maximum atomic E-state index is 6.15. The van der Waals surface area contributed by atoms with Crippen molar-refractivity contribution in [3.63, 3.8) is 0 Å². The van der Waals surface area contributed by atoms with Gasteiger partial charge in [-0.2, -0.15) is 0 Å². The summed E-state index contributed by atoms with van der Waals surface area (Å²) in [5.74, 6) is 0.522. The molecule has 0 amide bonds. The van der Waals surface area contributed by atoms with Gasteiger partial charge in [-0.05, 0) is 49.9 Å². The number of hydrogen-bond acceptors (Lipinski definition) is 2. The molecule has 0 aliphatic carbocycles. The zero-order chi connectivity index (χ0) is 20.4. The second-order valence-electron chi connectivity index (χ2n) is 10.8. The van der Waals surface area contributed by atoms with Gasteiger partial charge in [-0.25, -0.2) is 0 Å². The van der Waals surface area contributed by atoms with Crippen molar-refractivity contribution in [2.45, 2.75) is 125 Å². The quantitative estimate of drug-likeness (QED) is 0.493. The van der Waals surface area contributed by atoms with E-state index in [0.29, 0.717) is 12.0 Å². The van der Waals surface area contributed by atoms with Crippen LogP contribution in [0.3, 0.4) is 0 Å². The average molecular weight is 367 g/mol. The van der Waals surface area contributed by atoms with Crippen LogP contribution in [0.2, 0.25) is 0 Å². The summed E-state index contributed by atoms with van der Waals surface area (Å²) in [7, 11) is 0. The number of ether oxygens (including phenoxy) is 2. The fourth-order valence-electron chi connectivity index (χ4n) is 4.74. The normalized spacial score (nSPS) is 34.9. The van der Waals surface area contributed by atoms with Gasteiger partial charge in [0.25, 0.3) is 0 Å². The van der Waals surface area contributed by atoms with E-state index in [1.54, 1.807) is 0 Å². The molecule has 0 radical (unpaired) electrons. The minimum atomic E-state index is -0.0770. The van der Waals surface area contributed by atoms with E-state index in [1.165, 1.54) is 25.7 Å². The molecule has 0 spiro atoms. The molecule has 2 aliphatic heterocycles. The first-order valence-electron chi connectivity index (χ1n) is 10.8. The molecular weight excluding hydrogens is 320 g/mol. The first-order chi connectivity index (χ1) is 11.7. The van der Waals surface area contributed by atoms with Crippen molar-refractivity contribution < 1.29 is 9.47 Å². The molecule has 26 heavy (non-hydrogen) atoms. The number of hydrogen-bond donors (Lipinski definition) is 0. The van der Waals surface area contributed by atoms with E-state index in [-0.39, 0.29) is 28.1 Å². The van der Waals surface area contributed by atoms with Gasteiger partial charge >= 0.3 is 0 Å². The lowest BCUT2D eigenvalue weighted by molar-refractivity contribution is -0.113. The molecule has 0 aromatic rings. The Bertz CT molecular complexity index is 462. The Morgan fingerprint density at radius 3 is 1.81 bits per heavy atom. The van der Waals surface area contributed by atoms with Crippen LogP contribution in [-0.2, 0) is 9.47 Å². The summed E-state index contributed by atoms with van der Waals surface area (Å²) in [5.41, 5.74) is 0.532. The van der Waals surface area contributed by atoms with E-state index >= 15 is 0 Å². The monoisotopic (exact) mass is 366 g/mol. The lowest BCUT2D eigenvalue weighted by atomic mass is 9.70. The molecule has 154 valence electrons. The Balaban J connectivity index is 0.000000260. The minimum absolute atomic E-state index is 0.0770. The van der Waals surface area contributed by atoms with E-state index in [4.69, 9.17) is 9.47 Å². The molecule has 4 unspecified atom stereocenters. The molecule has 1 saturated heterocycles. The van der Waals surface area contributed by atoms with E-state index in [1.807, 2.05) is 0 Å². The predicted molar refractivity (Wildman–Crippen MR) is 114 cm³/mol. The van der Waals surface area contributed by atoms with Gasteiger partial charge in [0, 0.05) is 0 Å². The third kappa shape index (κ3) is 4.93. The van der Waals surface area contributed by atoms with Gasteiger partial charge in [0.1, 0.15) is 0 Å². The fourth-order valence-corrected chi connectivity index (χ4v) is 4.74. The summed E-state index contributed by atoms with van der Waals surface area (Å²) in [4.78, 5) is 0. The molecule has 1 fully saturated rings. The average Bonchev–Trinajstić information content (AvgIpc) is 3.04. The third-order valence-corrected chi connectivity index (χ3v) is 6.43. The largest absolute Gasteiger partial charge is 0.372 e. The maximum Gasteiger partial charge on any atom is 0.0941 e. The maximum absolute atomic E-state index is 6.15. The fraction of sp³-hybridized carbons (Fsp3) is 0.917. The second kappa shape index (κ2) is 8.35. The zero-order valence-electron chi connectivity index (χ0n) is 19.5. The van der Waals surface area contributed by atoms with Crippen LogP contribution in [0.5, 0.6) is 0 Å². The van der Waals surface area contributed by atoms with Crippen molar-refractivity contribution in [1.82, 2.24) is 0 Å². The Kier molecular flexibility index (Phi) is 7.61. The van der Waals surface area contributed by atoms with Crippen LogP contribution in [0.1, 0.15) is 102 Å². The van der Waals surface area contributed by atoms with Gasteiger partial charge in [-0.1, -0.05) is 80.9 Å². The summed E-state index contributed by atoms with van der Waals surface area (Å²) in [5, 5.41) is 0. The summed E-state index contributed by atoms with van der Waals surface area (Å²) < 4.78 is 12.2. The lowest BCUT2D eigenvalue weighted by Gasteiger charge is -2.44. The van der Waals surface area contributed by atoms with E-state index in [9.17, 15) is 0 Å². The van der Waals surface area contributed by atoms with Crippen molar-refractivity contribution >= 4 is 0 Å². The summed E-state index contributed by atoms with van der Waals surface area (Å²) >= 11 is 0. The van der Waals surface area contributed by atoms with Crippen molar-refractivity contribution in [1.29, 1.82) is 0 Å². The molecule has 0 aromatic carbocycles. The van der Waals surface area contributed by atoms with Gasteiger partial charge < -0.3 is 9.47 Å². The van der Waals surface area contributed by atoms with Crippen LogP contribution >= 0.6 is 0 Å². The van der Waals surface area contributed by atoms with Gasteiger partial charge in [-0.3, -0.25) is 0 Å². The van der Waals surface area contributed by atoms with Crippen molar-refractivity contribution in [2.24, 2.45) is 16.7 Å². The van der Waals surface area contributed by atoms with Gasteiger partial charge in [0.15, 0.2) is 0 Å². The van der Waals surface area contributed by atoms with E-state index in [2.05, 4.69) is 88.3 Å². The van der Waals surface area contributed by atoms with Crippen LogP contribution in [0.15, 0.2) is 12.2 Å². The van der Waals surface area contributed by atoms with Gasteiger partial charge in [0.2, 0.25) is 0 Å². The molecule has 2 rings (SSSR count). The molecule has 2 aliphatic rings. The van der Waals surface area contributed by atoms with E-state index < -0.39 is 0 Å². The van der Waals surface area contributed by atoms with Crippen LogP contribution in [0, 0.1) is 16.7 Å². The van der Waals surface area contributed by atoms with E-state index in [0.717, 1.165) is 0 Å². The topological polar surface area (TPSA) is 18.5 Å². The lowest BCUT2D eigenvalue weighted by Crippen LogP contribution is -2.47. The molecule has 2 nitrogen and oxygen atoms in total. The third-order valence-electron chi connectivity index (χ3n) is 6.43. The molecule has 0 aromatic heterocycles. The highest BCUT2D eigenvalue weighted by molar-refractivity contribution is 5.16. The summed E-state index contributed by atoms with van der Waals surface area (Å²) in [6.07, 6.45) is 10.1. The van der Waals surface area contributed by atoms with Crippen LogP contribution in [0.4, 0.5) is 0 Å². The number of rotatable bonds is 3. The Hall–Kier alpha value is -0.340. The smallest absolute Gasteiger partial charge is 0.0941 e. The predicted octanol–water partition coefficient (Wildman–Crippen LogP) is 7.17.